The molecule has 19 heavy (non-hydrogen) atoms. The quantitative estimate of drug-likeness (QED) is 0.916. The van der Waals surface area contributed by atoms with Crippen LogP contribution in [-0.2, 0) is 13.0 Å². The molecule has 98 valence electrons. The summed E-state index contributed by atoms with van der Waals surface area (Å²) in [6.07, 6.45) is 6.97. The maximum absolute atomic E-state index is 6.16. The van der Waals surface area contributed by atoms with Gasteiger partial charge in [-0.15, -0.1) is 0 Å². The first-order chi connectivity index (χ1) is 9.33. The lowest BCUT2D eigenvalue weighted by Gasteiger charge is -2.22. The number of aryl methyl sites for hydroxylation is 1. The minimum Gasteiger partial charge on any atom is -0.489 e. The van der Waals surface area contributed by atoms with E-state index in [0.29, 0.717) is 6.61 Å². The van der Waals surface area contributed by atoms with Crippen LogP contribution in [0.1, 0.15) is 35.6 Å². The predicted molar refractivity (Wildman–Crippen MR) is 74.9 cm³/mol. The first-order valence-electron chi connectivity index (χ1n) is 6.73. The maximum atomic E-state index is 6.16. The zero-order valence-corrected chi connectivity index (χ0v) is 10.9. The summed E-state index contributed by atoms with van der Waals surface area (Å²) >= 11 is 0. The molecule has 3 rings (SSSR count). The van der Waals surface area contributed by atoms with E-state index >= 15 is 0 Å². The lowest BCUT2D eigenvalue weighted by Crippen LogP contribution is -2.17. The molecule has 0 aliphatic heterocycles. The molecule has 3 heteroatoms. The summed E-state index contributed by atoms with van der Waals surface area (Å²) in [6, 6.07) is 10.4. The average molecular weight is 254 g/mol. The molecular formula is C16H18N2O. The van der Waals surface area contributed by atoms with Crippen molar-refractivity contribution in [3.05, 3.63) is 59.4 Å². The van der Waals surface area contributed by atoms with E-state index in [-0.39, 0.29) is 6.04 Å². The Hall–Kier alpha value is -1.87. The highest BCUT2D eigenvalue weighted by atomic mass is 16.5. The molecule has 1 aromatic carbocycles. The fraction of sp³-hybridized carbons (Fsp3) is 0.312. The average Bonchev–Trinajstić information content (AvgIpc) is 2.47. The van der Waals surface area contributed by atoms with Crippen LogP contribution in [-0.4, -0.2) is 4.98 Å². The van der Waals surface area contributed by atoms with E-state index in [2.05, 4.69) is 17.1 Å². The SMILES string of the molecule is N[C@H]1CCCc2ccc(OCc3cccnc3)cc21. The Kier molecular flexibility index (Phi) is 3.47. The van der Waals surface area contributed by atoms with Gasteiger partial charge < -0.3 is 10.5 Å². The number of rotatable bonds is 3. The van der Waals surface area contributed by atoms with Crippen LogP contribution in [0.4, 0.5) is 0 Å². The molecule has 1 aromatic heterocycles. The van der Waals surface area contributed by atoms with Crippen molar-refractivity contribution in [2.75, 3.05) is 0 Å². The van der Waals surface area contributed by atoms with Crippen LogP contribution in [0.2, 0.25) is 0 Å². The van der Waals surface area contributed by atoms with E-state index in [0.717, 1.165) is 24.2 Å². The molecule has 0 amide bonds. The van der Waals surface area contributed by atoms with Gasteiger partial charge in [-0.1, -0.05) is 12.1 Å². The highest BCUT2D eigenvalue weighted by Crippen LogP contribution is 2.31. The number of nitrogens with two attached hydrogens (primary N) is 1. The second-order valence-corrected chi connectivity index (χ2v) is 5.01. The molecule has 2 aromatic rings. The van der Waals surface area contributed by atoms with Crippen molar-refractivity contribution in [2.45, 2.75) is 31.9 Å². The molecule has 0 saturated heterocycles. The Morgan fingerprint density at radius 1 is 1.32 bits per heavy atom. The number of benzene rings is 1. The van der Waals surface area contributed by atoms with Crippen LogP contribution in [0.25, 0.3) is 0 Å². The fourth-order valence-corrected chi connectivity index (χ4v) is 2.55. The summed E-state index contributed by atoms with van der Waals surface area (Å²) < 4.78 is 5.81. The lowest BCUT2D eigenvalue weighted by atomic mass is 9.88. The van der Waals surface area contributed by atoms with E-state index in [1.54, 1.807) is 6.20 Å². The van der Waals surface area contributed by atoms with Crippen molar-refractivity contribution in [3.8, 4) is 5.75 Å². The van der Waals surface area contributed by atoms with Gasteiger partial charge in [0.15, 0.2) is 0 Å². The molecule has 1 atom stereocenters. The first kappa shape index (κ1) is 12.2. The van der Waals surface area contributed by atoms with Crippen LogP contribution in [0, 0.1) is 0 Å². The third-order valence-electron chi connectivity index (χ3n) is 3.61. The van der Waals surface area contributed by atoms with Crippen molar-refractivity contribution >= 4 is 0 Å². The van der Waals surface area contributed by atoms with Gasteiger partial charge in [-0.2, -0.15) is 0 Å². The van der Waals surface area contributed by atoms with E-state index in [9.17, 15) is 0 Å². The van der Waals surface area contributed by atoms with Crippen LogP contribution in [0.3, 0.4) is 0 Å². The van der Waals surface area contributed by atoms with Gasteiger partial charge in [0.25, 0.3) is 0 Å². The Morgan fingerprint density at radius 3 is 3.11 bits per heavy atom. The van der Waals surface area contributed by atoms with Gasteiger partial charge in [-0.3, -0.25) is 4.98 Å². The van der Waals surface area contributed by atoms with Crippen molar-refractivity contribution < 1.29 is 4.74 Å². The highest BCUT2D eigenvalue weighted by Gasteiger charge is 2.17. The zero-order valence-electron chi connectivity index (χ0n) is 10.9. The molecule has 1 heterocycles. The smallest absolute Gasteiger partial charge is 0.120 e. The molecule has 0 bridgehead atoms. The van der Waals surface area contributed by atoms with Gasteiger partial charge >= 0.3 is 0 Å². The first-order valence-corrected chi connectivity index (χ1v) is 6.73. The Labute approximate surface area is 113 Å². The number of aromatic nitrogens is 1. The van der Waals surface area contributed by atoms with Crippen LogP contribution in [0.15, 0.2) is 42.7 Å². The second kappa shape index (κ2) is 5.41. The van der Waals surface area contributed by atoms with E-state index in [4.69, 9.17) is 10.5 Å². The van der Waals surface area contributed by atoms with Crippen LogP contribution < -0.4 is 10.5 Å². The molecule has 2 N–H and O–H groups in total. The van der Waals surface area contributed by atoms with Crippen molar-refractivity contribution in [2.24, 2.45) is 5.73 Å². The summed E-state index contributed by atoms with van der Waals surface area (Å²) in [4.78, 5) is 4.08. The summed E-state index contributed by atoms with van der Waals surface area (Å²) in [7, 11) is 0. The van der Waals surface area contributed by atoms with Gasteiger partial charge in [-0.05, 0) is 48.6 Å². The van der Waals surface area contributed by atoms with Crippen molar-refractivity contribution in [3.63, 3.8) is 0 Å². The third kappa shape index (κ3) is 2.76. The fourth-order valence-electron chi connectivity index (χ4n) is 2.55. The van der Waals surface area contributed by atoms with Crippen LogP contribution in [0.5, 0.6) is 5.75 Å². The highest BCUT2D eigenvalue weighted by molar-refractivity contribution is 5.39. The monoisotopic (exact) mass is 254 g/mol. The van der Waals surface area contributed by atoms with E-state index in [1.807, 2.05) is 24.4 Å². The standard InChI is InChI=1S/C16H18N2O/c17-16-5-1-4-13-6-7-14(9-15(13)16)19-11-12-3-2-8-18-10-12/h2-3,6-10,16H,1,4-5,11,17H2/t16-/m0/s1. The lowest BCUT2D eigenvalue weighted by molar-refractivity contribution is 0.305. The van der Waals surface area contributed by atoms with Gasteiger partial charge in [0.1, 0.15) is 12.4 Å². The van der Waals surface area contributed by atoms with Crippen molar-refractivity contribution in [1.29, 1.82) is 0 Å². The molecule has 0 saturated carbocycles. The molecule has 0 unspecified atom stereocenters. The molecule has 0 fully saturated rings. The number of pyridine rings is 1. The summed E-state index contributed by atoms with van der Waals surface area (Å²) in [5, 5.41) is 0. The zero-order chi connectivity index (χ0) is 13.1. The molecule has 1 aliphatic carbocycles. The number of fused-ring (bicyclic) bond motifs is 1. The van der Waals surface area contributed by atoms with Gasteiger partial charge in [0, 0.05) is 24.0 Å². The van der Waals surface area contributed by atoms with Gasteiger partial charge in [0.2, 0.25) is 0 Å². The van der Waals surface area contributed by atoms with Gasteiger partial charge in [-0.25, -0.2) is 0 Å². The Bertz CT molecular complexity index is 554. The Balaban J connectivity index is 1.74. The summed E-state index contributed by atoms with van der Waals surface area (Å²) in [6.45, 7) is 0.544. The number of hydrogen-bond donors (Lipinski definition) is 1. The summed E-state index contributed by atoms with van der Waals surface area (Å²) in [5.41, 5.74) is 9.84. The topological polar surface area (TPSA) is 48.1 Å². The number of nitrogens with zero attached hydrogens (tertiary/aromatic N) is 1. The molecule has 0 radical (unpaired) electrons. The second-order valence-electron chi connectivity index (χ2n) is 5.01. The normalized spacial score (nSPS) is 17.8. The third-order valence-corrected chi connectivity index (χ3v) is 3.61. The molecule has 3 nitrogen and oxygen atoms in total. The number of hydrogen-bond acceptors (Lipinski definition) is 3. The summed E-state index contributed by atoms with van der Waals surface area (Å²) in [5.74, 6) is 0.889. The molecule has 1 aliphatic rings. The largest absolute Gasteiger partial charge is 0.489 e. The molecule has 0 spiro atoms. The van der Waals surface area contributed by atoms with Crippen molar-refractivity contribution in [1.82, 2.24) is 4.98 Å². The maximum Gasteiger partial charge on any atom is 0.120 e. The predicted octanol–water partition coefficient (Wildman–Crippen LogP) is 3.00. The molecular weight excluding hydrogens is 236 g/mol. The minimum absolute atomic E-state index is 0.158. The minimum atomic E-state index is 0.158. The van der Waals surface area contributed by atoms with E-state index in [1.165, 1.54) is 17.5 Å². The van der Waals surface area contributed by atoms with E-state index < -0.39 is 0 Å². The van der Waals surface area contributed by atoms with Gasteiger partial charge in [0.05, 0.1) is 0 Å². The van der Waals surface area contributed by atoms with Crippen LogP contribution >= 0.6 is 0 Å². The Morgan fingerprint density at radius 2 is 2.26 bits per heavy atom. The number of ether oxygens (including phenoxy) is 1.